The smallest absolute Gasteiger partial charge is 0.145 e. The molecule has 4 aromatic carbocycles. The first-order valence-corrected chi connectivity index (χ1v) is 10.9. The molecule has 0 N–H and O–H groups in total. The summed E-state index contributed by atoms with van der Waals surface area (Å²) in [5, 5.41) is 3.78. The highest BCUT2D eigenvalue weighted by Crippen LogP contribution is 2.48. The monoisotopic (exact) mass is 394 g/mol. The third kappa shape index (κ3) is 1.87. The van der Waals surface area contributed by atoms with E-state index >= 15 is 0 Å². The molecule has 0 bridgehead atoms. The topological polar surface area (TPSA) is 17.3 Å². The predicted molar refractivity (Wildman–Crippen MR) is 127 cm³/mol. The Balaban J connectivity index is 1.53. The van der Waals surface area contributed by atoms with Gasteiger partial charge in [0.2, 0.25) is 0 Å². The summed E-state index contributed by atoms with van der Waals surface area (Å²) in [4.78, 5) is 5.23. The van der Waals surface area contributed by atoms with Crippen molar-refractivity contribution in [3.63, 3.8) is 0 Å². The fourth-order valence-corrected chi connectivity index (χ4v) is 5.97. The molecule has 0 amide bonds. The van der Waals surface area contributed by atoms with Crippen molar-refractivity contribution in [1.82, 2.24) is 9.38 Å². The Hall–Kier alpha value is -3.91. The van der Waals surface area contributed by atoms with Gasteiger partial charge in [-0.25, -0.2) is 4.98 Å². The van der Waals surface area contributed by atoms with E-state index in [-0.39, 0.29) is 0 Å². The van der Waals surface area contributed by atoms with E-state index in [1.54, 1.807) is 0 Å². The molecule has 0 spiro atoms. The number of benzene rings is 4. The molecule has 2 nitrogen and oxygen atoms in total. The normalized spacial score (nSPS) is 13.5. The van der Waals surface area contributed by atoms with Crippen molar-refractivity contribution >= 4 is 27.3 Å². The number of para-hydroxylation sites is 1. The van der Waals surface area contributed by atoms with Crippen LogP contribution in [-0.4, -0.2) is 9.38 Å². The second kappa shape index (κ2) is 5.41. The van der Waals surface area contributed by atoms with Crippen molar-refractivity contribution in [2.75, 3.05) is 0 Å². The lowest BCUT2D eigenvalue weighted by molar-refractivity contribution is 1.16. The molecule has 0 saturated heterocycles. The quantitative estimate of drug-likeness (QED) is 0.259. The molecule has 0 saturated carbocycles. The number of hydrogen-bond donors (Lipinski definition) is 0. The highest BCUT2D eigenvalue weighted by Gasteiger charge is 2.32. The van der Waals surface area contributed by atoms with Crippen molar-refractivity contribution in [2.45, 2.75) is 12.8 Å². The molecular weight excluding hydrogens is 376 g/mol. The van der Waals surface area contributed by atoms with Gasteiger partial charge in [-0.3, -0.25) is 4.40 Å². The first kappa shape index (κ1) is 15.9. The third-order valence-corrected chi connectivity index (χ3v) is 7.22. The maximum absolute atomic E-state index is 5.23. The number of nitrogens with zero attached hydrogens (tertiary/aromatic N) is 2. The standard InChI is InChI=1S/C29H18N2/c1-2-8-19-17(7-1)15-18-13-14-22-24(27(18)19)16-25-28(22)31-26-12-6-5-10-21(26)20-9-3-4-11-23(20)29(31)30-25/h1-14H,15-16H2. The third-order valence-electron chi connectivity index (χ3n) is 7.22. The van der Waals surface area contributed by atoms with Crippen LogP contribution in [-0.2, 0) is 12.8 Å². The van der Waals surface area contributed by atoms with Gasteiger partial charge in [-0.15, -0.1) is 0 Å². The summed E-state index contributed by atoms with van der Waals surface area (Å²) < 4.78 is 2.41. The van der Waals surface area contributed by atoms with E-state index in [1.165, 1.54) is 66.4 Å². The van der Waals surface area contributed by atoms with Crippen molar-refractivity contribution in [3.05, 3.63) is 107 Å². The molecule has 2 aliphatic carbocycles. The number of imidazole rings is 1. The zero-order valence-electron chi connectivity index (χ0n) is 16.9. The van der Waals surface area contributed by atoms with Crippen LogP contribution >= 0.6 is 0 Å². The van der Waals surface area contributed by atoms with Crippen molar-refractivity contribution in [1.29, 1.82) is 0 Å². The van der Waals surface area contributed by atoms with Gasteiger partial charge in [0.15, 0.2) is 0 Å². The average molecular weight is 394 g/mol. The summed E-state index contributed by atoms with van der Waals surface area (Å²) in [6.45, 7) is 0. The Morgan fingerprint density at radius 3 is 2.32 bits per heavy atom. The predicted octanol–water partition coefficient (Wildman–Crippen LogP) is 6.78. The number of rotatable bonds is 0. The highest BCUT2D eigenvalue weighted by molar-refractivity contribution is 6.12. The molecule has 8 rings (SSSR count). The average Bonchev–Trinajstić information content (AvgIpc) is 3.48. The first-order chi connectivity index (χ1) is 15.4. The molecule has 0 unspecified atom stereocenters. The zero-order valence-corrected chi connectivity index (χ0v) is 16.9. The summed E-state index contributed by atoms with van der Waals surface area (Å²) in [6, 6.07) is 31.0. The molecule has 144 valence electrons. The summed E-state index contributed by atoms with van der Waals surface area (Å²) in [5.74, 6) is 0. The van der Waals surface area contributed by atoms with Crippen LogP contribution in [0.2, 0.25) is 0 Å². The minimum atomic E-state index is 0.909. The van der Waals surface area contributed by atoms with Gasteiger partial charge in [0.25, 0.3) is 0 Å². The summed E-state index contributed by atoms with van der Waals surface area (Å²) in [5.41, 5.74) is 13.3. The van der Waals surface area contributed by atoms with Gasteiger partial charge in [0.05, 0.1) is 16.9 Å². The van der Waals surface area contributed by atoms with Gasteiger partial charge in [0, 0.05) is 22.8 Å². The molecule has 0 atom stereocenters. The maximum Gasteiger partial charge on any atom is 0.145 e. The molecule has 2 aliphatic rings. The molecule has 2 heterocycles. The summed E-state index contributed by atoms with van der Waals surface area (Å²) in [7, 11) is 0. The van der Waals surface area contributed by atoms with Crippen molar-refractivity contribution < 1.29 is 0 Å². The second-order valence-corrected chi connectivity index (χ2v) is 8.77. The fraction of sp³-hybridized carbons (Fsp3) is 0.0690. The van der Waals surface area contributed by atoms with Gasteiger partial charge in [0.1, 0.15) is 5.65 Å². The Labute approximate surface area is 179 Å². The van der Waals surface area contributed by atoms with Gasteiger partial charge >= 0.3 is 0 Å². The number of fused-ring (bicyclic) bond motifs is 14. The SMILES string of the molecule is c1ccc2c(c1)Cc1ccc3c(c1-2)Cc1nc2c4ccccc4c4ccccc4n2c1-3. The number of pyridine rings is 1. The minimum Gasteiger partial charge on any atom is -0.291 e. The molecule has 2 aromatic heterocycles. The largest absolute Gasteiger partial charge is 0.291 e. The van der Waals surface area contributed by atoms with Crippen molar-refractivity contribution in [2.24, 2.45) is 0 Å². The van der Waals surface area contributed by atoms with E-state index < -0.39 is 0 Å². The number of hydrogen-bond acceptors (Lipinski definition) is 1. The Bertz CT molecular complexity index is 1740. The maximum atomic E-state index is 5.23. The van der Waals surface area contributed by atoms with Crippen LogP contribution in [0.4, 0.5) is 0 Å². The van der Waals surface area contributed by atoms with Crippen LogP contribution in [0.3, 0.4) is 0 Å². The molecule has 6 aromatic rings. The van der Waals surface area contributed by atoms with E-state index in [9.17, 15) is 0 Å². The number of aromatic nitrogens is 2. The van der Waals surface area contributed by atoms with E-state index in [2.05, 4.69) is 89.3 Å². The lowest BCUT2D eigenvalue weighted by Crippen LogP contribution is -1.95. The van der Waals surface area contributed by atoms with E-state index in [0.717, 1.165) is 18.5 Å². The van der Waals surface area contributed by atoms with Crippen LogP contribution in [0.5, 0.6) is 0 Å². The molecule has 0 aliphatic heterocycles. The molecular formula is C29H18N2. The Morgan fingerprint density at radius 2 is 1.39 bits per heavy atom. The molecule has 0 fully saturated rings. The minimum absolute atomic E-state index is 0.909. The van der Waals surface area contributed by atoms with E-state index in [1.807, 2.05) is 0 Å². The fourth-order valence-electron chi connectivity index (χ4n) is 5.97. The molecule has 2 heteroatoms. The van der Waals surface area contributed by atoms with Crippen LogP contribution in [0.25, 0.3) is 49.7 Å². The second-order valence-electron chi connectivity index (χ2n) is 8.77. The lowest BCUT2D eigenvalue weighted by Gasteiger charge is -2.13. The van der Waals surface area contributed by atoms with Gasteiger partial charge in [-0.05, 0) is 45.7 Å². The van der Waals surface area contributed by atoms with E-state index in [0.29, 0.717) is 0 Å². The van der Waals surface area contributed by atoms with Crippen LogP contribution in [0.15, 0.2) is 84.9 Å². The van der Waals surface area contributed by atoms with Gasteiger partial charge in [-0.2, -0.15) is 0 Å². The lowest BCUT2D eigenvalue weighted by atomic mass is 9.96. The Kier molecular flexibility index (Phi) is 2.77. The highest BCUT2D eigenvalue weighted by atomic mass is 15.0. The summed E-state index contributed by atoms with van der Waals surface area (Å²) >= 11 is 0. The van der Waals surface area contributed by atoms with Gasteiger partial charge in [-0.1, -0.05) is 78.9 Å². The summed E-state index contributed by atoms with van der Waals surface area (Å²) in [6.07, 6.45) is 1.95. The van der Waals surface area contributed by atoms with Crippen LogP contribution < -0.4 is 0 Å². The molecule has 31 heavy (non-hydrogen) atoms. The zero-order chi connectivity index (χ0) is 20.1. The Morgan fingerprint density at radius 1 is 0.613 bits per heavy atom. The first-order valence-electron chi connectivity index (χ1n) is 10.9. The van der Waals surface area contributed by atoms with Crippen molar-refractivity contribution in [3.8, 4) is 22.4 Å². The van der Waals surface area contributed by atoms with Gasteiger partial charge < -0.3 is 0 Å². The van der Waals surface area contributed by atoms with Crippen LogP contribution in [0, 0.1) is 0 Å². The molecule has 0 radical (unpaired) electrons. The van der Waals surface area contributed by atoms with Crippen LogP contribution in [0.1, 0.15) is 22.4 Å². The van der Waals surface area contributed by atoms with E-state index in [4.69, 9.17) is 4.98 Å².